The maximum absolute atomic E-state index is 11.9. The molecule has 2 aromatic heterocycles. The van der Waals surface area contributed by atoms with E-state index in [2.05, 4.69) is 20.5 Å². The molecule has 3 aromatic rings. The van der Waals surface area contributed by atoms with Gasteiger partial charge in [-0.2, -0.15) is 0 Å². The van der Waals surface area contributed by atoms with Crippen molar-refractivity contribution >= 4 is 35.5 Å². The summed E-state index contributed by atoms with van der Waals surface area (Å²) in [6.07, 6.45) is 5.16. The molecule has 1 aromatic carbocycles. The maximum Gasteiger partial charge on any atom is 0.234 e. The van der Waals surface area contributed by atoms with Gasteiger partial charge in [-0.15, -0.1) is 5.10 Å². The van der Waals surface area contributed by atoms with Crippen molar-refractivity contribution in [2.45, 2.75) is 12.1 Å². The average molecular weight is 340 g/mol. The van der Waals surface area contributed by atoms with E-state index in [1.54, 1.807) is 18.4 Å². The van der Waals surface area contributed by atoms with Gasteiger partial charge in [0.25, 0.3) is 0 Å². The van der Waals surface area contributed by atoms with Crippen LogP contribution >= 0.6 is 11.8 Å². The fourth-order valence-electron chi connectivity index (χ4n) is 1.91. The second kappa shape index (κ2) is 7.65. The van der Waals surface area contributed by atoms with E-state index in [9.17, 15) is 4.79 Å². The number of thioether (sulfide) groups is 1. The van der Waals surface area contributed by atoms with E-state index in [4.69, 9.17) is 4.42 Å². The monoisotopic (exact) mass is 340 g/mol. The van der Waals surface area contributed by atoms with Crippen LogP contribution in [0.25, 0.3) is 12.2 Å². The van der Waals surface area contributed by atoms with Crippen LogP contribution in [0, 0.1) is 6.92 Å². The van der Waals surface area contributed by atoms with Crippen molar-refractivity contribution < 1.29 is 9.21 Å². The van der Waals surface area contributed by atoms with E-state index < -0.39 is 0 Å². The normalized spacial score (nSPS) is 11.0. The summed E-state index contributed by atoms with van der Waals surface area (Å²) >= 11 is 1.27. The van der Waals surface area contributed by atoms with E-state index in [0.717, 1.165) is 17.0 Å². The summed E-state index contributed by atoms with van der Waals surface area (Å²) in [5.41, 5.74) is 1.93. The Kier molecular flexibility index (Phi) is 5.12. The quantitative estimate of drug-likeness (QED) is 0.670. The minimum absolute atomic E-state index is 0.0960. The maximum atomic E-state index is 11.9. The highest BCUT2D eigenvalue weighted by atomic mass is 32.2. The molecule has 7 heteroatoms. The third-order valence-corrected chi connectivity index (χ3v) is 3.95. The van der Waals surface area contributed by atoms with Crippen LogP contribution in [0.1, 0.15) is 17.1 Å². The van der Waals surface area contributed by atoms with Crippen LogP contribution in [0.2, 0.25) is 0 Å². The molecule has 2 heterocycles. The highest BCUT2D eigenvalue weighted by molar-refractivity contribution is 7.99. The van der Waals surface area contributed by atoms with Crippen molar-refractivity contribution in [2.75, 3.05) is 11.1 Å². The Morgan fingerprint density at radius 3 is 2.88 bits per heavy atom. The van der Waals surface area contributed by atoms with Crippen LogP contribution in [0.4, 0.5) is 5.69 Å². The van der Waals surface area contributed by atoms with Crippen molar-refractivity contribution in [3.63, 3.8) is 0 Å². The number of hydrogen-bond donors (Lipinski definition) is 2. The number of anilines is 1. The lowest BCUT2D eigenvalue weighted by Gasteiger charge is -2.04. The van der Waals surface area contributed by atoms with Crippen LogP contribution in [0.3, 0.4) is 0 Å². The molecule has 2 N–H and O–H groups in total. The number of hydrogen-bond acceptors (Lipinski definition) is 5. The molecule has 0 unspecified atom stereocenters. The summed E-state index contributed by atoms with van der Waals surface area (Å²) in [7, 11) is 0. The second-order valence-corrected chi connectivity index (χ2v) is 6.00. The van der Waals surface area contributed by atoms with Crippen LogP contribution in [-0.4, -0.2) is 26.8 Å². The highest BCUT2D eigenvalue weighted by Crippen LogP contribution is 2.15. The molecule has 0 atom stereocenters. The molecule has 24 heavy (non-hydrogen) atoms. The summed E-state index contributed by atoms with van der Waals surface area (Å²) in [5, 5.41) is 10.2. The minimum Gasteiger partial charge on any atom is -0.465 e. The van der Waals surface area contributed by atoms with Crippen LogP contribution in [0.5, 0.6) is 0 Å². The number of aryl methyl sites for hydroxylation is 1. The lowest BCUT2D eigenvalue weighted by Crippen LogP contribution is -2.14. The molecule has 0 aliphatic rings. The number of furan rings is 1. The number of carbonyl (C=O) groups is 1. The first-order valence-corrected chi connectivity index (χ1v) is 8.31. The van der Waals surface area contributed by atoms with Gasteiger partial charge < -0.3 is 9.73 Å². The van der Waals surface area contributed by atoms with E-state index in [1.165, 1.54) is 11.8 Å². The van der Waals surface area contributed by atoms with Gasteiger partial charge in [-0.25, -0.2) is 4.98 Å². The fourth-order valence-corrected chi connectivity index (χ4v) is 2.51. The number of carbonyl (C=O) groups excluding carboxylic acids is 1. The molecule has 0 saturated carbocycles. The lowest BCUT2D eigenvalue weighted by atomic mass is 10.2. The van der Waals surface area contributed by atoms with Gasteiger partial charge in [0.05, 0.1) is 12.0 Å². The summed E-state index contributed by atoms with van der Waals surface area (Å²) < 4.78 is 5.20. The summed E-state index contributed by atoms with van der Waals surface area (Å²) in [6.45, 7) is 2.00. The first-order chi connectivity index (χ1) is 11.7. The number of benzene rings is 1. The Morgan fingerprint density at radius 1 is 1.29 bits per heavy atom. The lowest BCUT2D eigenvalue weighted by molar-refractivity contribution is -0.113. The average Bonchev–Trinajstić information content (AvgIpc) is 3.25. The topological polar surface area (TPSA) is 83.8 Å². The molecule has 0 bridgehead atoms. The van der Waals surface area contributed by atoms with Crippen molar-refractivity contribution in [1.82, 2.24) is 15.2 Å². The SMILES string of the molecule is Cc1ccc(NC(=O)CSc2n[nH]c(/C=C/c3ccco3)n2)cc1. The van der Waals surface area contributed by atoms with Crippen LogP contribution < -0.4 is 5.32 Å². The second-order valence-electron chi connectivity index (χ2n) is 5.05. The van der Waals surface area contributed by atoms with Gasteiger partial charge in [-0.1, -0.05) is 29.5 Å². The Labute approximate surface area is 143 Å². The number of amides is 1. The molecule has 1 amide bonds. The first-order valence-electron chi connectivity index (χ1n) is 7.32. The van der Waals surface area contributed by atoms with Gasteiger partial charge in [0.1, 0.15) is 11.6 Å². The number of aromatic amines is 1. The standard InChI is InChI=1S/C17H16N4O2S/c1-12-4-6-13(7-5-12)18-16(22)11-24-17-19-15(20-21-17)9-8-14-3-2-10-23-14/h2-10H,11H2,1H3,(H,18,22)(H,19,20,21)/b9-8+. The fraction of sp³-hybridized carbons (Fsp3) is 0.118. The number of nitrogens with zero attached hydrogens (tertiary/aromatic N) is 2. The van der Waals surface area contributed by atoms with Gasteiger partial charge >= 0.3 is 0 Å². The first kappa shape index (κ1) is 16.1. The van der Waals surface area contributed by atoms with Gasteiger partial charge in [0.2, 0.25) is 11.1 Å². The molecule has 3 rings (SSSR count). The smallest absolute Gasteiger partial charge is 0.234 e. The molecule has 0 aliphatic carbocycles. The van der Waals surface area contributed by atoms with Crippen molar-refractivity contribution in [1.29, 1.82) is 0 Å². The third-order valence-electron chi connectivity index (χ3n) is 3.10. The number of rotatable bonds is 6. The molecule has 122 valence electrons. The highest BCUT2D eigenvalue weighted by Gasteiger charge is 2.07. The van der Waals surface area contributed by atoms with E-state index in [1.807, 2.05) is 43.3 Å². The summed E-state index contributed by atoms with van der Waals surface area (Å²) in [6, 6.07) is 11.3. The van der Waals surface area contributed by atoms with E-state index in [-0.39, 0.29) is 11.7 Å². The molecular weight excluding hydrogens is 324 g/mol. The number of aromatic nitrogens is 3. The van der Waals surface area contributed by atoms with Crippen LogP contribution in [0.15, 0.2) is 52.2 Å². The molecular formula is C17H16N4O2S. The predicted molar refractivity (Wildman–Crippen MR) is 94.6 cm³/mol. The van der Waals surface area contributed by atoms with Crippen molar-refractivity contribution in [3.8, 4) is 0 Å². The molecule has 0 spiro atoms. The van der Waals surface area contributed by atoms with E-state index >= 15 is 0 Å². The third kappa shape index (κ3) is 4.60. The molecule has 0 aliphatic heterocycles. The zero-order chi connectivity index (χ0) is 16.8. The Balaban J connectivity index is 1.49. The van der Waals surface area contributed by atoms with Crippen molar-refractivity contribution in [3.05, 3.63) is 59.8 Å². The van der Waals surface area contributed by atoms with Gasteiger partial charge in [-0.05, 0) is 43.3 Å². The minimum atomic E-state index is -0.0960. The van der Waals surface area contributed by atoms with Crippen molar-refractivity contribution in [2.24, 2.45) is 0 Å². The molecule has 0 fully saturated rings. The molecule has 0 radical (unpaired) electrons. The zero-order valence-electron chi connectivity index (χ0n) is 13.0. The van der Waals surface area contributed by atoms with Gasteiger partial charge in [0.15, 0.2) is 0 Å². The van der Waals surface area contributed by atoms with Crippen LogP contribution in [-0.2, 0) is 4.79 Å². The summed E-state index contributed by atoms with van der Waals surface area (Å²) in [4.78, 5) is 16.2. The Bertz CT molecular complexity index is 823. The van der Waals surface area contributed by atoms with Gasteiger partial charge in [0, 0.05) is 5.69 Å². The predicted octanol–water partition coefficient (Wildman–Crippen LogP) is 3.61. The Morgan fingerprint density at radius 2 is 2.12 bits per heavy atom. The summed E-state index contributed by atoms with van der Waals surface area (Å²) in [5.74, 6) is 1.49. The number of nitrogens with one attached hydrogen (secondary N) is 2. The zero-order valence-corrected chi connectivity index (χ0v) is 13.8. The molecule has 6 nitrogen and oxygen atoms in total. The van der Waals surface area contributed by atoms with Gasteiger partial charge in [-0.3, -0.25) is 9.89 Å². The van der Waals surface area contributed by atoms with E-state index in [0.29, 0.717) is 11.0 Å². The molecule has 0 saturated heterocycles. The largest absolute Gasteiger partial charge is 0.465 e. The Hall–Kier alpha value is -2.80. The number of H-pyrrole nitrogens is 1.